The molecule has 0 unspecified atom stereocenters. The van der Waals surface area contributed by atoms with E-state index in [9.17, 15) is 14.4 Å². The van der Waals surface area contributed by atoms with E-state index in [0.717, 1.165) is 0 Å². The van der Waals surface area contributed by atoms with Crippen molar-refractivity contribution in [3.8, 4) is 23.0 Å². The summed E-state index contributed by atoms with van der Waals surface area (Å²) in [6, 6.07) is 17.5. The van der Waals surface area contributed by atoms with E-state index in [1.807, 2.05) is 0 Å². The van der Waals surface area contributed by atoms with Gasteiger partial charge in [-0.2, -0.15) is 0 Å². The first-order valence-corrected chi connectivity index (χ1v) is 9.68. The molecule has 1 aliphatic heterocycles. The van der Waals surface area contributed by atoms with Crippen LogP contribution in [-0.2, 0) is 0 Å². The standard InChI is InChI=1S/C23H19N3O6/c24-21(27)14-1-6-17(7-2-14)32-18-8-3-15(4-9-18)22(28)25-26-23(29)16-5-10-19-20(13-16)31-12-11-30-19/h1-10,13H,11-12H2,(H2,24,27)(H,25,28)(H,26,29). The highest BCUT2D eigenvalue weighted by Gasteiger charge is 2.15. The summed E-state index contributed by atoms with van der Waals surface area (Å²) in [4.78, 5) is 35.8. The van der Waals surface area contributed by atoms with E-state index >= 15 is 0 Å². The average Bonchev–Trinajstić information content (AvgIpc) is 2.82. The number of nitrogens with one attached hydrogen (secondary N) is 2. The van der Waals surface area contributed by atoms with Crippen LogP contribution in [0, 0.1) is 0 Å². The summed E-state index contributed by atoms with van der Waals surface area (Å²) in [5, 5.41) is 0. The molecule has 0 atom stereocenters. The lowest BCUT2D eigenvalue weighted by Gasteiger charge is -2.18. The molecule has 0 spiro atoms. The van der Waals surface area contributed by atoms with Crippen molar-refractivity contribution in [2.24, 2.45) is 5.73 Å². The molecular formula is C23H19N3O6. The van der Waals surface area contributed by atoms with Gasteiger partial charge in [0.25, 0.3) is 11.8 Å². The Morgan fingerprint density at radius 2 is 1.19 bits per heavy atom. The zero-order chi connectivity index (χ0) is 22.5. The van der Waals surface area contributed by atoms with E-state index in [1.54, 1.807) is 66.7 Å². The molecule has 3 amide bonds. The zero-order valence-electron chi connectivity index (χ0n) is 16.8. The predicted octanol–water partition coefficient (Wildman–Crippen LogP) is 2.42. The minimum atomic E-state index is -0.520. The summed E-state index contributed by atoms with van der Waals surface area (Å²) >= 11 is 0. The number of ether oxygens (including phenoxy) is 3. The molecule has 4 rings (SSSR count). The predicted molar refractivity (Wildman–Crippen MR) is 114 cm³/mol. The second-order valence-electron chi connectivity index (χ2n) is 6.78. The Hall–Kier alpha value is -4.53. The Morgan fingerprint density at radius 3 is 1.78 bits per heavy atom. The van der Waals surface area contributed by atoms with Gasteiger partial charge in [0.2, 0.25) is 5.91 Å². The first kappa shape index (κ1) is 20.7. The number of rotatable bonds is 5. The first-order chi connectivity index (χ1) is 15.5. The van der Waals surface area contributed by atoms with Gasteiger partial charge in [-0.15, -0.1) is 0 Å². The van der Waals surface area contributed by atoms with Crippen molar-refractivity contribution in [1.82, 2.24) is 10.9 Å². The Balaban J connectivity index is 1.32. The minimum absolute atomic E-state index is 0.320. The maximum atomic E-state index is 12.3. The second-order valence-corrected chi connectivity index (χ2v) is 6.78. The largest absolute Gasteiger partial charge is 0.486 e. The lowest BCUT2D eigenvalue weighted by atomic mass is 10.2. The number of primary amides is 1. The van der Waals surface area contributed by atoms with Gasteiger partial charge in [-0.05, 0) is 66.7 Å². The maximum absolute atomic E-state index is 12.3. The van der Waals surface area contributed by atoms with Crippen LogP contribution in [0.2, 0.25) is 0 Å². The Bertz CT molecular complexity index is 1160. The molecule has 0 radical (unpaired) electrons. The van der Waals surface area contributed by atoms with Crippen LogP contribution in [0.15, 0.2) is 66.7 Å². The molecule has 32 heavy (non-hydrogen) atoms. The topological polar surface area (TPSA) is 129 Å². The zero-order valence-corrected chi connectivity index (χ0v) is 16.8. The number of hydrogen-bond donors (Lipinski definition) is 3. The average molecular weight is 433 g/mol. The van der Waals surface area contributed by atoms with Gasteiger partial charge in [0.1, 0.15) is 24.7 Å². The van der Waals surface area contributed by atoms with E-state index in [-0.39, 0.29) is 0 Å². The summed E-state index contributed by atoms with van der Waals surface area (Å²) in [5.74, 6) is 0.557. The third kappa shape index (κ3) is 4.78. The molecule has 3 aromatic carbocycles. The van der Waals surface area contributed by atoms with Gasteiger partial charge in [0.05, 0.1) is 0 Å². The van der Waals surface area contributed by atoms with E-state index in [4.69, 9.17) is 19.9 Å². The highest BCUT2D eigenvalue weighted by Crippen LogP contribution is 2.30. The molecule has 162 valence electrons. The lowest BCUT2D eigenvalue weighted by molar-refractivity contribution is 0.0846. The normalized spacial score (nSPS) is 11.9. The van der Waals surface area contributed by atoms with Crippen LogP contribution < -0.4 is 30.8 Å². The van der Waals surface area contributed by atoms with E-state index in [1.165, 1.54) is 0 Å². The van der Waals surface area contributed by atoms with Crippen LogP contribution >= 0.6 is 0 Å². The highest BCUT2D eigenvalue weighted by molar-refractivity contribution is 5.99. The third-order valence-electron chi connectivity index (χ3n) is 4.58. The number of hydrazine groups is 1. The molecule has 0 aromatic heterocycles. The molecule has 0 fully saturated rings. The summed E-state index contributed by atoms with van der Waals surface area (Å²) in [6.07, 6.45) is 0. The molecule has 1 aliphatic rings. The van der Waals surface area contributed by atoms with Crippen LogP contribution in [0.1, 0.15) is 31.1 Å². The fourth-order valence-electron chi connectivity index (χ4n) is 2.94. The number of nitrogens with two attached hydrogens (primary N) is 1. The lowest BCUT2D eigenvalue weighted by Crippen LogP contribution is -2.41. The summed E-state index contributed by atoms with van der Waals surface area (Å²) < 4.78 is 16.5. The van der Waals surface area contributed by atoms with E-state index in [0.29, 0.717) is 52.9 Å². The highest BCUT2D eigenvalue weighted by atomic mass is 16.6. The van der Waals surface area contributed by atoms with Crippen molar-refractivity contribution in [3.63, 3.8) is 0 Å². The first-order valence-electron chi connectivity index (χ1n) is 9.68. The van der Waals surface area contributed by atoms with Gasteiger partial charge in [-0.3, -0.25) is 25.2 Å². The molecule has 0 bridgehead atoms. The fourth-order valence-corrected chi connectivity index (χ4v) is 2.94. The van der Waals surface area contributed by atoms with Crippen LogP contribution in [0.25, 0.3) is 0 Å². The molecule has 9 heteroatoms. The Morgan fingerprint density at radius 1 is 0.688 bits per heavy atom. The summed E-state index contributed by atoms with van der Waals surface area (Å²) in [6.45, 7) is 0.868. The fraction of sp³-hybridized carbons (Fsp3) is 0.0870. The number of hydrogen-bond acceptors (Lipinski definition) is 6. The minimum Gasteiger partial charge on any atom is -0.486 e. The quantitative estimate of drug-likeness (QED) is 0.530. The number of fused-ring (bicyclic) bond motifs is 1. The number of carbonyl (C=O) groups is 3. The second kappa shape index (κ2) is 9.09. The molecule has 0 saturated carbocycles. The third-order valence-corrected chi connectivity index (χ3v) is 4.58. The Labute approximate surface area is 183 Å². The van der Waals surface area contributed by atoms with Crippen molar-refractivity contribution >= 4 is 17.7 Å². The SMILES string of the molecule is NC(=O)c1ccc(Oc2ccc(C(=O)NNC(=O)c3ccc4c(c3)OCCO4)cc2)cc1. The maximum Gasteiger partial charge on any atom is 0.269 e. The molecule has 0 aliphatic carbocycles. The van der Waals surface area contributed by atoms with Gasteiger partial charge in [-0.25, -0.2) is 0 Å². The molecule has 0 saturated heterocycles. The van der Waals surface area contributed by atoms with Crippen LogP contribution in [0.5, 0.6) is 23.0 Å². The molecule has 9 nitrogen and oxygen atoms in total. The van der Waals surface area contributed by atoms with Gasteiger partial charge in [-0.1, -0.05) is 0 Å². The molecule has 1 heterocycles. The summed E-state index contributed by atoms with van der Waals surface area (Å²) in [7, 11) is 0. The monoisotopic (exact) mass is 433 g/mol. The van der Waals surface area contributed by atoms with Crippen LogP contribution in [0.4, 0.5) is 0 Å². The number of amides is 3. The van der Waals surface area contributed by atoms with Gasteiger partial charge in [0, 0.05) is 16.7 Å². The Kier molecular flexibility index (Phi) is 5.89. The van der Waals surface area contributed by atoms with Crippen molar-refractivity contribution in [3.05, 3.63) is 83.4 Å². The van der Waals surface area contributed by atoms with E-state index < -0.39 is 17.7 Å². The molecule has 3 aromatic rings. The van der Waals surface area contributed by atoms with Gasteiger partial charge >= 0.3 is 0 Å². The van der Waals surface area contributed by atoms with Gasteiger partial charge in [0.15, 0.2) is 11.5 Å². The number of carbonyl (C=O) groups excluding carboxylic acids is 3. The number of benzene rings is 3. The van der Waals surface area contributed by atoms with Crippen LogP contribution in [0.3, 0.4) is 0 Å². The van der Waals surface area contributed by atoms with Crippen molar-refractivity contribution in [2.75, 3.05) is 13.2 Å². The van der Waals surface area contributed by atoms with E-state index in [2.05, 4.69) is 10.9 Å². The van der Waals surface area contributed by atoms with Crippen molar-refractivity contribution < 1.29 is 28.6 Å². The molecular weight excluding hydrogens is 414 g/mol. The summed E-state index contributed by atoms with van der Waals surface area (Å²) in [5.41, 5.74) is 11.0. The van der Waals surface area contributed by atoms with Crippen molar-refractivity contribution in [1.29, 1.82) is 0 Å². The van der Waals surface area contributed by atoms with Crippen LogP contribution in [-0.4, -0.2) is 30.9 Å². The van der Waals surface area contributed by atoms with Crippen molar-refractivity contribution in [2.45, 2.75) is 0 Å². The smallest absolute Gasteiger partial charge is 0.269 e. The van der Waals surface area contributed by atoms with Gasteiger partial charge < -0.3 is 19.9 Å². The molecule has 4 N–H and O–H groups in total.